The molecule has 1 aromatic carbocycles. The topological polar surface area (TPSA) is 108 Å². The highest BCUT2D eigenvalue weighted by Gasteiger charge is 2.59. The van der Waals surface area contributed by atoms with Crippen LogP contribution >= 0.6 is 23.2 Å². The predicted molar refractivity (Wildman–Crippen MR) is 135 cm³/mol. The van der Waals surface area contributed by atoms with Crippen molar-refractivity contribution in [2.24, 2.45) is 17.3 Å². The summed E-state index contributed by atoms with van der Waals surface area (Å²) in [6, 6.07) is 7.25. The summed E-state index contributed by atoms with van der Waals surface area (Å²) in [6.07, 6.45) is 11.1. The van der Waals surface area contributed by atoms with Crippen LogP contribution in [0.5, 0.6) is 0 Å². The van der Waals surface area contributed by atoms with Crippen molar-refractivity contribution >= 4 is 40.6 Å². The van der Waals surface area contributed by atoms with Crippen LogP contribution in [0, 0.1) is 27.4 Å². The van der Waals surface area contributed by atoms with E-state index in [0.717, 1.165) is 37.7 Å². The van der Waals surface area contributed by atoms with Gasteiger partial charge in [-0.25, -0.2) is 0 Å². The van der Waals surface area contributed by atoms with Crippen LogP contribution in [0.3, 0.4) is 0 Å². The minimum absolute atomic E-state index is 0.0222. The van der Waals surface area contributed by atoms with Crippen LogP contribution in [0.15, 0.2) is 42.9 Å². The van der Waals surface area contributed by atoms with Gasteiger partial charge in [0, 0.05) is 18.7 Å². The molecule has 3 aromatic rings. The number of nitrogens with one attached hydrogen (secondary N) is 1. The van der Waals surface area contributed by atoms with Crippen molar-refractivity contribution in [3.8, 4) is 0 Å². The van der Waals surface area contributed by atoms with Gasteiger partial charge in [0.15, 0.2) is 5.82 Å². The second kappa shape index (κ2) is 8.59. The number of halogens is 2. The Balaban J connectivity index is 1.15. The van der Waals surface area contributed by atoms with Crippen molar-refractivity contribution in [2.75, 3.05) is 5.32 Å². The first-order valence-electron chi connectivity index (χ1n) is 12.2. The largest absolute Gasteiger partial charge is 0.309 e. The number of carbonyl (C=O) groups excluding carboxylic acids is 1. The summed E-state index contributed by atoms with van der Waals surface area (Å²) < 4.78 is 3.58. The van der Waals surface area contributed by atoms with Crippen LogP contribution in [0.4, 0.5) is 11.5 Å². The molecule has 9 nitrogen and oxygen atoms in total. The van der Waals surface area contributed by atoms with Crippen molar-refractivity contribution < 1.29 is 9.72 Å². The molecule has 4 aliphatic rings. The third-order valence-corrected chi connectivity index (χ3v) is 8.93. The Morgan fingerprint density at radius 1 is 1.17 bits per heavy atom. The van der Waals surface area contributed by atoms with Crippen molar-refractivity contribution in [1.82, 2.24) is 19.6 Å². The maximum Gasteiger partial charge on any atom is 0.307 e. The number of nitrogens with zero attached hydrogens (tertiary/aromatic N) is 5. The summed E-state index contributed by atoms with van der Waals surface area (Å²) in [4.78, 5) is 24.0. The number of nitro groups is 1. The summed E-state index contributed by atoms with van der Waals surface area (Å²) in [5.74, 6) is 1.51. The number of benzene rings is 1. The van der Waals surface area contributed by atoms with Gasteiger partial charge in [-0.3, -0.25) is 24.3 Å². The van der Waals surface area contributed by atoms with Gasteiger partial charge >= 0.3 is 5.69 Å². The molecule has 2 aromatic heterocycles. The van der Waals surface area contributed by atoms with Crippen molar-refractivity contribution in [2.45, 2.75) is 57.0 Å². The van der Waals surface area contributed by atoms with Crippen LogP contribution < -0.4 is 5.32 Å². The van der Waals surface area contributed by atoms with E-state index in [4.69, 9.17) is 23.2 Å². The van der Waals surface area contributed by atoms with Gasteiger partial charge in [-0.15, -0.1) is 0 Å². The molecule has 4 aliphatic carbocycles. The highest BCUT2D eigenvalue weighted by atomic mass is 35.5. The number of anilines is 1. The molecule has 4 fully saturated rings. The fourth-order valence-corrected chi connectivity index (χ4v) is 7.73. The molecule has 7 rings (SSSR count). The first kappa shape index (κ1) is 23.5. The van der Waals surface area contributed by atoms with E-state index in [2.05, 4.69) is 15.5 Å². The molecule has 0 radical (unpaired) electrons. The molecular formula is C25H26Cl2N6O3. The molecule has 4 bridgehead atoms. The van der Waals surface area contributed by atoms with Crippen LogP contribution in [0.2, 0.25) is 10.0 Å². The average Bonchev–Trinajstić information content (AvgIpc) is 3.45. The second-order valence-corrected chi connectivity index (χ2v) is 11.8. The van der Waals surface area contributed by atoms with Gasteiger partial charge in [0.2, 0.25) is 5.91 Å². The Kier molecular flexibility index (Phi) is 5.60. The minimum atomic E-state index is -0.395. The fourth-order valence-electron chi connectivity index (χ4n) is 7.41. The number of amides is 1. The standard InChI is InChI=1S/C25H26Cl2N6O3/c26-20-2-1-16(6-21(20)27)13-31-4-3-22(30-31)29-23(34)11-24-7-17-5-18(8-24)10-25(9-17,15-24)32-14-19(12-28-32)33(35)36/h1-4,6,12,14,17-18H,5,7-11,13,15H2,(H,29,30,34). The van der Waals surface area contributed by atoms with Gasteiger partial charge in [0.1, 0.15) is 12.4 Å². The Labute approximate surface area is 217 Å². The average molecular weight is 529 g/mol. The maximum atomic E-state index is 13.2. The van der Waals surface area contributed by atoms with E-state index in [1.165, 1.54) is 12.6 Å². The molecular weight excluding hydrogens is 503 g/mol. The second-order valence-electron chi connectivity index (χ2n) is 11.0. The van der Waals surface area contributed by atoms with Gasteiger partial charge in [0.05, 0.1) is 27.1 Å². The first-order valence-corrected chi connectivity index (χ1v) is 12.9. The summed E-state index contributed by atoms with van der Waals surface area (Å²) in [5.41, 5.74) is 0.634. The number of hydrogen-bond donors (Lipinski definition) is 1. The van der Waals surface area contributed by atoms with Gasteiger partial charge in [-0.2, -0.15) is 10.2 Å². The van der Waals surface area contributed by atoms with E-state index < -0.39 is 4.92 Å². The lowest BCUT2D eigenvalue weighted by molar-refractivity contribution is -0.385. The van der Waals surface area contributed by atoms with Crippen LogP contribution in [0.25, 0.3) is 0 Å². The van der Waals surface area contributed by atoms with E-state index in [9.17, 15) is 14.9 Å². The van der Waals surface area contributed by atoms with E-state index >= 15 is 0 Å². The summed E-state index contributed by atoms with van der Waals surface area (Å²) >= 11 is 12.1. The molecule has 2 unspecified atom stereocenters. The number of rotatable bonds is 7. The molecule has 4 saturated carbocycles. The Morgan fingerprint density at radius 2 is 1.94 bits per heavy atom. The number of carbonyl (C=O) groups is 1. The predicted octanol–water partition coefficient (Wildman–Crippen LogP) is 5.67. The highest BCUT2D eigenvalue weighted by Crippen LogP contribution is 2.65. The molecule has 0 saturated heterocycles. The van der Waals surface area contributed by atoms with E-state index in [0.29, 0.717) is 40.7 Å². The fraction of sp³-hybridized carbons (Fsp3) is 0.480. The summed E-state index contributed by atoms with van der Waals surface area (Å²) in [5, 5.41) is 24.1. The zero-order chi connectivity index (χ0) is 25.1. The van der Waals surface area contributed by atoms with Crippen molar-refractivity contribution in [3.05, 3.63) is 68.6 Å². The molecule has 0 aliphatic heterocycles. The zero-order valence-corrected chi connectivity index (χ0v) is 21.1. The molecule has 1 N–H and O–H groups in total. The van der Waals surface area contributed by atoms with Crippen LogP contribution in [-0.2, 0) is 16.9 Å². The lowest BCUT2D eigenvalue weighted by atomic mass is 9.46. The van der Waals surface area contributed by atoms with Crippen molar-refractivity contribution in [3.63, 3.8) is 0 Å². The zero-order valence-electron chi connectivity index (χ0n) is 19.6. The molecule has 11 heteroatoms. The number of aromatic nitrogens is 4. The molecule has 2 heterocycles. The van der Waals surface area contributed by atoms with E-state index in [-0.39, 0.29) is 22.5 Å². The Morgan fingerprint density at radius 3 is 2.64 bits per heavy atom. The van der Waals surface area contributed by atoms with Crippen LogP contribution in [-0.4, -0.2) is 30.4 Å². The lowest BCUT2D eigenvalue weighted by Crippen LogP contribution is -2.57. The van der Waals surface area contributed by atoms with E-state index in [1.54, 1.807) is 29.1 Å². The SMILES string of the molecule is O=C(CC12CC3CC(C1)CC(n1cc([N+](=O)[O-])cn1)(C3)C2)Nc1ccn(Cc2ccc(Cl)c(Cl)c2)n1. The molecule has 188 valence electrons. The normalized spacial score (nSPS) is 28.4. The maximum absolute atomic E-state index is 13.2. The lowest BCUT2D eigenvalue weighted by Gasteiger charge is -2.61. The number of hydrogen-bond acceptors (Lipinski definition) is 5. The molecule has 36 heavy (non-hydrogen) atoms. The smallest absolute Gasteiger partial charge is 0.307 e. The van der Waals surface area contributed by atoms with Gasteiger partial charge in [0.25, 0.3) is 0 Å². The third kappa shape index (κ3) is 4.28. The molecule has 2 atom stereocenters. The summed E-state index contributed by atoms with van der Waals surface area (Å²) in [6.45, 7) is 0.512. The van der Waals surface area contributed by atoms with E-state index in [1.807, 2.05) is 16.9 Å². The quantitative estimate of drug-likeness (QED) is 0.314. The molecule has 1 amide bonds. The van der Waals surface area contributed by atoms with Gasteiger partial charge < -0.3 is 5.32 Å². The third-order valence-electron chi connectivity index (χ3n) is 8.19. The Bertz CT molecular complexity index is 1340. The monoisotopic (exact) mass is 528 g/mol. The highest BCUT2D eigenvalue weighted by molar-refractivity contribution is 6.42. The van der Waals surface area contributed by atoms with Gasteiger partial charge in [-0.1, -0.05) is 29.3 Å². The van der Waals surface area contributed by atoms with Crippen LogP contribution in [0.1, 0.15) is 50.5 Å². The van der Waals surface area contributed by atoms with Crippen molar-refractivity contribution in [1.29, 1.82) is 0 Å². The summed E-state index contributed by atoms with van der Waals surface area (Å²) in [7, 11) is 0. The first-order chi connectivity index (χ1) is 17.2. The Hall–Kier alpha value is -2.91. The molecule has 0 spiro atoms. The minimum Gasteiger partial charge on any atom is -0.309 e. The van der Waals surface area contributed by atoms with Gasteiger partial charge in [-0.05, 0) is 73.5 Å².